The number of ether oxygens (including phenoxy) is 4. The minimum Gasteiger partial charge on any atom is -0.493 e. The number of rotatable bonds is 15. The van der Waals surface area contributed by atoms with Gasteiger partial charge in [-0.1, -0.05) is 48.0 Å². The fourth-order valence-electron chi connectivity index (χ4n) is 8.14. The maximum atomic E-state index is 14.8. The van der Waals surface area contributed by atoms with Gasteiger partial charge in [-0.05, 0) is 114 Å². The number of amides is 3. The molecule has 0 unspecified atom stereocenters. The molecule has 3 aliphatic rings. The lowest BCUT2D eigenvalue weighted by atomic mass is 9.88. The Morgan fingerprint density at radius 3 is 2.32 bits per heavy atom. The molecule has 3 aliphatic heterocycles. The van der Waals surface area contributed by atoms with Gasteiger partial charge in [-0.15, -0.1) is 0 Å². The lowest BCUT2D eigenvalue weighted by Crippen LogP contribution is -2.58. The molecule has 3 fully saturated rings. The lowest BCUT2D eigenvalue weighted by molar-refractivity contribution is -0.137. The van der Waals surface area contributed by atoms with Gasteiger partial charge in [0.05, 0.1) is 13.2 Å². The Morgan fingerprint density at radius 2 is 1.60 bits per heavy atom. The molecule has 60 heavy (non-hydrogen) atoms. The molecule has 3 amide bonds. The quantitative estimate of drug-likeness (QED) is 0.167. The zero-order chi connectivity index (χ0) is 42.6. The number of benzene rings is 3. The summed E-state index contributed by atoms with van der Waals surface area (Å²) in [5, 5.41) is 3.61. The summed E-state index contributed by atoms with van der Waals surface area (Å²) in [4.78, 5) is 48.2. The van der Waals surface area contributed by atoms with Crippen LogP contribution in [0.15, 0.2) is 66.7 Å². The molecule has 3 aromatic carbocycles. The number of piperidine rings is 1. The van der Waals surface area contributed by atoms with E-state index in [0.717, 1.165) is 62.2 Å². The van der Waals surface area contributed by atoms with Gasteiger partial charge in [0.25, 0.3) is 0 Å². The number of nitrogens with one attached hydrogen (secondary N) is 1. The van der Waals surface area contributed by atoms with Gasteiger partial charge in [-0.3, -0.25) is 9.69 Å². The molecule has 14 heteroatoms. The second-order valence-electron chi connectivity index (χ2n) is 17.0. The SMILES string of the molecule is CCOc1cccc(F)c1CN1CCN(C(=O)[C@H](NC(=O)OCc2ccccc2)C2CCN(CCc3cc(Cl)ccc3OC[C@H]3CCN(C(=O)OC(C)(C)C)C3)CC2)CC1. The first-order chi connectivity index (χ1) is 28.8. The highest BCUT2D eigenvalue weighted by atomic mass is 35.5. The van der Waals surface area contributed by atoms with Gasteiger partial charge in [-0.2, -0.15) is 0 Å². The monoisotopic (exact) mass is 849 g/mol. The third-order valence-electron chi connectivity index (χ3n) is 11.4. The number of halogens is 2. The van der Waals surface area contributed by atoms with Crippen LogP contribution in [0.4, 0.5) is 14.0 Å². The standard InChI is InChI=1S/C46H61ClFN5O7/c1-5-57-41-13-9-12-39(48)38(41)30-51-24-26-52(27-25-51)43(54)42(49-44(55)59-31-33-10-7-6-8-11-33)35-17-20-50(21-18-35)22-19-36-28-37(47)14-15-40(36)58-32-34-16-23-53(29-34)45(56)60-46(2,3)4/h6-15,28,34-35,42H,5,16-27,29-32H2,1-4H3,(H,49,55)/t34-,42+/m0/s1. The number of piperazine rings is 1. The fraction of sp³-hybridized carbons (Fsp3) is 0.543. The topological polar surface area (TPSA) is 113 Å². The summed E-state index contributed by atoms with van der Waals surface area (Å²) in [6.45, 7) is 14.5. The number of hydrogen-bond donors (Lipinski definition) is 1. The molecule has 1 N–H and O–H groups in total. The van der Waals surface area contributed by atoms with Crippen LogP contribution in [0.5, 0.6) is 11.5 Å². The predicted molar refractivity (Wildman–Crippen MR) is 229 cm³/mol. The van der Waals surface area contributed by atoms with E-state index in [1.165, 1.54) is 6.07 Å². The molecule has 0 saturated carbocycles. The average Bonchev–Trinajstić information content (AvgIpc) is 3.72. The summed E-state index contributed by atoms with van der Waals surface area (Å²) in [5.74, 6) is 1.02. The smallest absolute Gasteiger partial charge is 0.410 e. The summed E-state index contributed by atoms with van der Waals surface area (Å²) in [6.07, 6.45) is 2.11. The molecular formula is C46H61ClFN5O7. The van der Waals surface area contributed by atoms with E-state index in [1.807, 2.05) is 81.1 Å². The van der Waals surface area contributed by atoms with Crippen LogP contribution in [0.2, 0.25) is 5.02 Å². The Kier molecular flexibility index (Phi) is 15.9. The average molecular weight is 850 g/mol. The van der Waals surface area contributed by atoms with Crippen LogP contribution in [-0.4, -0.2) is 121 Å². The number of nitrogens with zero attached hydrogens (tertiary/aromatic N) is 4. The summed E-state index contributed by atoms with van der Waals surface area (Å²) >= 11 is 6.46. The van der Waals surface area contributed by atoms with Crippen molar-refractivity contribution in [2.45, 2.75) is 78.2 Å². The van der Waals surface area contributed by atoms with Gasteiger partial charge in [0.15, 0.2) is 0 Å². The largest absolute Gasteiger partial charge is 0.493 e. The minimum atomic E-state index is -0.743. The molecule has 3 saturated heterocycles. The van der Waals surface area contributed by atoms with Crippen LogP contribution in [0.1, 0.15) is 63.6 Å². The molecule has 12 nitrogen and oxygen atoms in total. The van der Waals surface area contributed by atoms with Crippen LogP contribution in [-0.2, 0) is 33.8 Å². The zero-order valence-corrected chi connectivity index (χ0v) is 36.3. The van der Waals surface area contributed by atoms with E-state index in [9.17, 15) is 18.8 Å². The third kappa shape index (κ3) is 13.0. The maximum Gasteiger partial charge on any atom is 0.410 e. The van der Waals surface area contributed by atoms with Crippen LogP contribution in [0, 0.1) is 17.7 Å². The summed E-state index contributed by atoms with van der Waals surface area (Å²) in [5.41, 5.74) is 1.86. The van der Waals surface area contributed by atoms with E-state index in [0.29, 0.717) is 75.4 Å². The van der Waals surface area contributed by atoms with Crippen molar-refractivity contribution < 1.29 is 37.7 Å². The molecule has 3 aromatic rings. The summed E-state index contributed by atoms with van der Waals surface area (Å²) in [6, 6.07) is 19.3. The highest BCUT2D eigenvalue weighted by Crippen LogP contribution is 2.29. The second-order valence-corrected chi connectivity index (χ2v) is 17.4. The van der Waals surface area contributed by atoms with E-state index in [4.69, 9.17) is 30.5 Å². The first-order valence-corrected chi connectivity index (χ1v) is 21.7. The lowest BCUT2D eigenvalue weighted by Gasteiger charge is -2.40. The number of alkyl carbamates (subject to hydrolysis) is 1. The fourth-order valence-corrected chi connectivity index (χ4v) is 8.34. The molecule has 326 valence electrons. The first-order valence-electron chi connectivity index (χ1n) is 21.3. The summed E-state index contributed by atoms with van der Waals surface area (Å²) in [7, 11) is 0. The number of carbonyl (C=O) groups is 3. The van der Waals surface area contributed by atoms with Crippen molar-refractivity contribution >= 4 is 29.7 Å². The van der Waals surface area contributed by atoms with E-state index < -0.39 is 17.7 Å². The zero-order valence-electron chi connectivity index (χ0n) is 35.5. The molecule has 0 bridgehead atoms. The van der Waals surface area contributed by atoms with Gasteiger partial charge in [0.1, 0.15) is 35.6 Å². The molecule has 3 heterocycles. The van der Waals surface area contributed by atoms with Crippen molar-refractivity contribution in [2.75, 3.05) is 72.1 Å². The number of carbonyl (C=O) groups excluding carboxylic acids is 3. The highest BCUT2D eigenvalue weighted by Gasteiger charge is 2.37. The van der Waals surface area contributed by atoms with Crippen molar-refractivity contribution in [3.05, 3.63) is 94.3 Å². The van der Waals surface area contributed by atoms with Crippen molar-refractivity contribution in [1.29, 1.82) is 0 Å². The Bertz CT molecular complexity index is 1880. The molecule has 0 aliphatic carbocycles. The van der Waals surface area contributed by atoms with E-state index in [1.54, 1.807) is 17.0 Å². The number of likely N-dealkylation sites (tertiary alicyclic amines) is 2. The maximum absolute atomic E-state index is 14.8. The normalized spacial score (nSPS) is 18.5. The minimum absolute atomic E-state index is 0.0834. The molecule has 2 atom stereocenters. The molecule has 6 rings (SSSR count). The van der Waals surface area contributed by atoms with E-state index >= 15 is 0 Å². The van der Waals surface area contributed by atoms with E-state index in [-0.39, 0.29) is 36.3 Å². The number of hydrogen-bond acceptors (Lipinski definition) is 9. The molecular weight excluding hydrogens is 789 g/mol. The van der Waals surface area contributed by atoms with Gasteiger partial charge in [0.2, 0.25) is 5.91 Å². The van der Waals surface area contributed by atoms with Gasteiger partial charge in [0, 0.05) is 68.9 Å². The Labute approximate surface area is 359 Å². The van der Waals surface area contributed by atoms with Gasteiger partial charge >= 0.3 is 12.2 Å². The van der Waals surface area contributed by atoms with Gasteiger partial charge < -0.3 is 39.0 Å². The highest BCUT2D eigenvalue weighted by molar-refractivity contribution is 6.30. The van der Waals surface area contributed by atoms with Crippen LogP contribution in [0.25, 0.3) is 0 Å². The van der Waals surface area contributed by atoms with Crippen LogP contribution in [0.3, 0.4) is 0 Å². The van der Waals surface area contributed by atoms with Crippen molar-refractivity contribution in [1.82, 2.24) is 24.9 Å². The molecule has 0 radical (unpaired) electrons. The van der Waals surface area contributed by atoms with Crippen molar-refractivity contribution in [3.63, 3.8) is 0 Å². The van der Waals surface area contributed by atoms with Crippen LogP contribution < -0.4 is 14.8 Å². The Hall–Kier alpha value is -4.59. The first kappa shape index (κ1) is 44.9. The second kappa shape index (κ2) is 21.3. The van der Waals surface area contributed by atoms with Crippen molar-refractivity contribution in [2.24, 2.45) is 11.8 Å². The van der Waals surface area contributed by atoms with Crippen LogP contribution >= 0.6 is 11.6 Å². The van der Waals surface area contributed by atoms with E-state index in [2.05, 4.69) is 15.1 Å². The Balaban J connectivity index is 1.03. The Morgan fingerprint density at radius 1 is 0.850 bits per heavy atom. The van der Waals surface area contributed by atoms with Crippen molar-refractivity contribution in [3.8, 4) is 11.5 Å². The predicted octanol–water partition coefficient (Wildman–Crippen LogP) is 7.41. The van der Waals surface area contributed by atoms with Gasteiger partial charge in [-0.25, -0.2) is 14.0 Å². The molecule has 0 spiro atoms. The molecule has 0 aromatic heterocycles. The summed E-state index contributed by atoms with van der Waals surface area (Å²) < 4.78 is 38.0. The third-order valence-corrected chi connectivity index (χ3v) is 11.7.